The van der Waals surface area contributed by atoms with E-state index >= 15 is 0 Å². The lowest BCUT2D eigenvalue weighted by molar-refractivity contribution is 0.000847. The first-order chi connectivity index (χ1) is 15.6. The van der Waals surface area contributed by atoms with Gasteiger partial charge in [-0.05, 0) is 108 Å². The van der Waals surface area contributed by atoms with Crippen LogP contribution in [-0.4, -0.2) is 31.4 Å². The van der Waals surface area contributed by atoms with Crippen LogP contribution in [0.4, 0.5) is 0 Å². The van der Waals surface area contributed by atoms with E-state index < -0.39 is 0 Å². The average Bonchev–Trinajstić information content (AvgIpc) is 2.81. The van der Waals surface area contributed by atoms with Crippen molar-refractivity contribution in [3.63, 3.8) is 0 Å². The fraction of sp³-hybridized carbons (Fsp3) is 0.607. The summed E-state index contributed by atoms with van der Waals surface area (Å²) in [5.74, 6) is 2.18. The summed E-state index contributed by atoms with van der Waals surface area (Å²) in [5, 5.41) is 0. The minimum atomic E-state index is -0.213. The Bertz CT molecular complexity index is 766. The zero-order chi connectivity index (χ0) is 22.8. The largest absolute Gasteiger partial charge is 0.489 e. The third kappa shape index (κ3) is 7.23. The summed E-state index contributed by atoms with van der Waals surface area (Å²) >= 11 is 0. The lowest BCUT2D eigenvalue weighted by atomic mass is 9.72. The van der Waals surface area contributed by atoms with Crippen LogP contribution < -0.4 is 4.74 Å². The number of allylic oxidation sites excluding steroid dienone is 2. The van der Waals surface area contributed by atoms with Gasteiger partial charge in [-0.15, -0.1) is 0 Å². The Morgan fingerprint density at radius 3 is 2.06 bits per heavy atom. The Morgan fingerprint density at radius 2 is 1.47 bits per heavy atom. The maximum atomic E-state index is 12.7. The molecular weight excluding hydrogens is 400 g/mol. The van der Waals surface area contributed by atoms with E-state index in [1.807, 2.05) is 57.2 Å². The molecule has 2 aliphatic carbocycles. The van der Waals surface area contributed by atoms with Crippen LogP contribution in [0.3, 0.4) is 0 Å². The maximum Gasteiger partial charge on any atom is 0.338 e. The van der Waals surface area contributed by atoms with E-state index in [1.165, 1.54) is 38.5 Å². The normalized spacial score (nSPS) is 26.5. The summed E-state index contributed by atoms with van der Waals surface area (Å²) in [6.07, 6.45) is 17.8. The molecule has 2 saturated carbocycles. The lowest BCUT2D eigenvalue weighted by Gasteiger charge is -2.37. The molecule has 0 N–H and O–H groups in total. The predicted octanol–water partition coefficient (Wildman–Crippen LogP) is 6.82. The zero-order valence-electron chi connectivity index (χ0n) is 20.1. The van der Waals surface area contributed by atoms with Gasteiger partial charge < -0.3 is 14.2 Å². The van der Waals surface area contributed by atoms with E-state index in [9.17, 15) is 4.79 Å². The molecule has 0 unspecified atom stereocenters. The number of carbonyl (C=O) groups is 1. The standard InChI is InChI=1S/C28H40O4/c1-4-6-18-30-25-13-8-22(9-14-25)23-10-15-26(16-11-23)32-28(29)24-12-17-27(21(3)20-24)31-19-7-5-2/h4-7,12,17,20,22-23,25-26H,8-11,13-16,18-19H2,1-3H3. The van der Waals surface area contributed by atoms with Gasteiger partial charge in [-0.25, -0.2) is 4.79 Å². The molecule has 176 valence electrons. The highest BCUT2D eigenvalue weighted by Gasteiger charge is 2.32. The zero-order valence-corrected chi connectivity index (χ0v) is 20.1. The number of carbonyl (C=O) groups excluding carboxylic acids is 1. The molecule has 2 aliphatic rings. The highest BCUT2D eigenvalue weighted by atomic mass is 16.5. The van der Waals surface area contributed by atoms with Gasteiger partial charge in [0, 0.05) is 0 Å². The predicted molar refractivity (Wildman–Crippen MR) is 129 cm³/mol. The second-order valence-electron chi connectivity index (χ2n) is 9.24. The van der Waals surface area contributed by atoms with Crippen molar-refractivity contribution >= 4 is 5.97 Å². The molecule has 4 heteroatoms. The first kappa shape index (κ1) is 24.6. The quantitative estimate of drug-likeness (QED) is 0.312. The lowest BCUT2D eigenvalue weighted by Crippen LogP contribution is -2.31. The van der Waals surface area contributed by atoms with Crippen molar-refractivity contribution in [1.82, 2.24) is 0 Å². The topological polar surface area (TPSA) is 44.8 Å². The fourth-order valence-electron chi connectivity index (χ4n) is 5.08. The first-order valence-electron chi connectivity index (χ1n) is 12.4. The number of hydrogen-bond donors (Lipinski definition) is 0. The molecule has 3 rings (SSSR count). The Balaban J connectivity index is 1.40. The van der Waals surface area contributed by atoms with Gasteiger partial charge in [-0.3, -0.25) is 0 Å². The number of rotatable bonds is 9. The molecule has 0 amide bonds. The molecule has 4 nitrogen and oxygen atoms in total. The molecule has 0 heterocycles. The molecule has 0 bridgehead atoms. The minimum absolute atomic E-state index is 0.0465. The van der Waals surface area contributed by atoms with Crippen molar-refractivity contribution in [1.29, 1.82) is 0 Å². The molecule has 1 aromatic rings. The van der Waals surface area contributed by atoms with Gasteiger partial charge in [0.2, 0.25) is 0 Å². The average molecular weight is 441 g/mol. The van der Waals surface area contributed by atoms with Crippen LogP contribution in [-0.2, 0) is 9.47 Å². The van der Waals surface area contributed by atoms with Crippen LogP contribution >= 0.6 is 0 Å². The molecule has 1 aromatic carbocycles. The molecule has 0 saturated heterocycles. The summed E-state index contributed by atoms with van der Waals surface area (Å²) in [6.45, 7) is 7.25. The van der Waals surface area contributed by atoms with Crippen molar-refractivity contribution in [2.24, 2.45) is 11.8 Å². The smallest absolute Gasteiger partial charge is 0.338 e. The van der Waals surface area contributed by atoms with E-state index in [1.54, 1.807) is 0 Å². The maximum absolute atomic E-state index is 12.7. The molecule has 0 aromatic heterocycles. The van der Waals surface area contributed by atoms with E-state index in [0.717, 1.165) is 42.6 Å². The molecule has 0 aliphatic heterocycles. The van der Waals surface area contributed by atoms with Gasteiger partial charge in [-0.1, -0.05) is 24.3 Å². The third-order valence-electron chi connectivity index (χ3n) is 7.02. The van der Waals surface area contributed by atoms with Crippen LogP contribution in [0.1, 0.15) is 81.1 Å². The Hall–Kier alpha value is -2.07. The summed E-state index contributed by atoms with van der Waals surface area (Å²) in [6, 6.07) is 5.55. The molecule has 0 spiro atoms. The fourth-order valence-corrected chi connectivity index (χ4v) is 5.08. The molecule has 32 heavy (non-hydrogen) atoms. The second-order valence-corrected chi connectivity index (χ2v) is 9.24. The van der Waals surface area contributed by atoms with E-state index in [0.29, 0.717) is 18.3 Å². The Morgan fingerprint density at radius 1 is 0.875 bits per heavy atom. The summed E-state index contributed by atoms with van der Waals surface area (Å²) < 4.78 is 17.5. The summed E-state index contributed by atoms with van der Waals surface area (Å²) in [5.41, 5.74) is 1.57. The first-order valence-corrected chi connectivity index (χ1v) is 12.4. The number of benzene rings is 1. The Labute approximate surface area is 194 Å². The highest BCUT2D eigenvalue weighted by Crippen LogP contribution is 2.39. The van der Waals surface area contributed by atoms with Gasteiger partial charge in [0.25, 0.3) is 0 Å². The molecule has 0 atom stereocenters. The van der Waals surface area contributed by atoms with Gasteiger partial charge in [0.1, 0.15) is 18.5 Å². The van der Waals surface area contributed by atoms with E-state index in [-0.39, 0.29) is 12.1 Å². The van der Waals surface area contributed by atoms with Crippen molar-refractivity contribution in [3.8, 4) is 5.75 Å². The van der Waals surface area contributed by atoms with Crippen LogP contribution in [0.15, 0.2) is 42.5 Å². The number of esters is 1. The third-order valence-corrected chi connectivity index (χ3v) is 7.02. The second kappa shape index (κ2) is 12.8. The van der Waals surface area contributed by atoms with Crippen LogP contribution in [0.25, 0.3) is 0 Å². The highest BCUT2D eigenvalue weighted by molar-refractivity contribution is 5.90. The van der Waals surface area contributed by atoms with E-state index in [4.69, 9.17) is 14.2 Å². The molecule has 0 radical (unpaired) electrons. The molecular formula is C28H40O4. The van der Waals surface area contributed by atoms with Gasteiger partial charge in [0.15, 0.2) is 0 Å². The van der Waals surface area contributed by atoms with Crippen molar-refractivity contribution in [3.05, 3.63) is 53.6 Å². The van der Waals surface area contributed by atoms with Crippen molar-refractivity contribution < 1.29 is 19.0 Å². The van der Waals surface area contributed by atoms with Gasteiger partial charge in [-0.2, -0.15) is 0 Å². The van der Waals surface area contributed by atoms with Crippen molar-refractivity contribution in [2.75, 3.05) is 13.2 Å². The monoisotopic (exact) mass is 440 g/mol. The summed E-state index contributed by atoms with van der Waals surface area (Å²) in [7, 11) is 0. The number of hydrogen-bond acceptors (Lipinski definition) is 4. The van der Waals surface area contributed by atoms with Crippen molar-refractivity contribution in [2.45, 2.75) is 84.3 Å². The van der Waals surface area contributed by atoms with Crippen LogP contribution in [0, 0.1) is 18.8 Å². The SMILES string of the molecule is CC=CCOc1ccc(C(=O)OC2CCC(C3CCC(OCC=CC)CC3)CC2)cc1C. The number of ether oxygens (including phenoxy) is 3. The minimum Gasteiger partial charge on any atom is -0.489 e. The van der Waals surface area contributed by atoms with Gasteiger partial charge >= 0.3 is 5.97 Å². The van der Waals surface area contributed by atoms with Gasteiger partial charge in [0.05, 0.1) is 18.3 Å². The van der Waals surface area contributed by atoms with Crippen LogP contribution in [0.2, 0.25) is 0 Å². The Kier molecular flexibility index (Phi) is 9.86. The number of aryl methyl sites for hydroxylation is 1. The molecule has 2 fully saturated rings. The summed E-state index contributed by atoms with van der Waals surface area (Å²) in [4.78, 5) is 12.7. The van der Waals surface area contributed by atoms with E-state index in [2.05, 4.69) is 6.08 Å². The van der Waals surface area contributed by atoms with Crippen LogP contribution in [0.5, 0.6) is 5.75 Å².